The van der Waals surface area contributed by atoms with E-state index < -0.39 is 15.6 Å². The van der Waals surface area contributed by atoms with Crippen LogP contribution in [0.2, 0.25) is 0 Å². The first-order valence-electron chi connectivity index (χ1n) is 5.11. The van der Waals surface area contributed by atoms with E-state index in [0.29, 0.717) is 26.3 Å². The molecular weight excluding hydrogens is 230 g/mol. The standard InChI is InChI=1S/C9H17N3O3S/c1-9(2,7-10)8-11-16(13,14)12-3-5-15-6-4-12/h11H,3-6,8H2,1-2H3. The number of nitrogens with zero attached hydrogens (tertiary/aromatic N) is 2. The van der Waals surface area contributed by atoms with Crippen LogP contribution in [0.1, 0.15) is 13.8 Å². The predicted octanol–water partition coefficient (Wildman–Crippen LogP) is -0.297. The molecule has 16 heavy (non-hydrogen) atoms. The van der Waals surface area contributed by atoms with E-state index in [0.717, 1.165) is 0 Å². The summed E-state index contributed by atoms with van der Waals surface area (Å²) >= 11 is 0. The highest BCUT2D eigenvalue weighted by Crippen LogP contribution is 2.12. The quantitative estimate of drug-likeness (QED) is 0.739. The summed E-state index contributed by atoms with van der Waals surface area (Å²) in [7, 11) is -3.47. The summed E-state index contributed by atoms with van der Waals surface area (Å²) in [5.41, 5.74) is -0.695. The molecule has 0 atom stereocenters. The van der Waals surface area contributed by atoms with Gasteiger partial charge in [-0.1, -0.05) is 0 Å². The Balaban J connectivity index is 2.55. The van der Waals surface area contributed by atoms with Crippen molar-refractivity contribution in [1.82, 2.24) is 9.03 Å². The third kappa shape index (κ3) is 3.72. The van der Waals surface area contributed by atoms with Gasteiger partial charge in [-0.05, 0) is 13.8 Å². The largest absolute Gasteiger partial charge is 0.379 e. The van der Waals surface area contributed by atoms with Gasteiger partial charge in [-0.2, -0.15) is 18.0 Å². The zero-order chi connectivity index (χ0) is 12.2. The summed E-state index contributed by atoms with van der Waals surface area (Å²) < 4.78 is 32.4. The molecule has 0 aromatic carbocycles. The van der Waals surface area contributed by atoms with Crippen molar-refractivity contribution < 1.29 is 13.2 Å². The van der Waals surface area contributed by atoms with Crippen molar-refractivity contribution in [1.29, 1.82) is 5.26 Å². The highest BCUT2D eigenvalue weighted by molar-refractivity contribution is 7.87. The molecule has 1 fully saturated rings. The van der Waals surface area contributed by atoms with Gasteiger partial charge in [-0.3, -0.25) is 0 Å². The molecule has 1 heterocycles. The molecular formula is C9H17N3O3S. The monoisotopic (exact) mass is 247 g/mol. The van der Waals surface area contributed by atoms with Crippen LogP contribution in [0.25, 0.3) is 0 Å². The molecule has 0 unspecified atom stereocenters. The second-order valence-corrected chi connectivity index (χ2v) is 6.09. The highest BCUT2D eigenvalue weighted by atomic mass is 32.2. The molecule has 6 nitrogen and oxygen atoms in total. The van der Waals surface area contributed by atoms with Gasteiger partial charge in [-0.25, -0.2) is 4.72 Å². The van der Waals surface area contributed by atoms with E-state index in [-0.39, 0.29) is 6.54 Å². The van der Waals surface area contributed by atoms with Gasteiger partial charge in [-0.15, -0.1) is 0 Å². The normalized spacial score (nSPS) is 19.3. The Morgan fingerprint density at radius 3 is 2.50 bits per heavy atom. The number of nitriles is 1. The number of morpholine rings is 1. The molecule has 1 aliphatic heterocycles. The third-order valence-electron chi connectivity index (χ3n) is 2.31. The van der Waals surface area contributed by atoms with E-state index in [9.17, 15) is 8.42 Å². The smallest absolute Gasteiger partial charge is 0.279 e. The van der Waals surface area contributed by atoms with Crippen LogP contribution in [0.15, 0.2) is 0 Å². The lowest BCUT2D eigenvalue weighted by Crippen LogP contribution is -2.48. The Labute approximate surface area is 96.4 Å². The molecule has 7 heteroatoms. The first-order valence-corrected chi connectivity index (χ1v) is 6.55. The average Bonchev–Trinajstić information content (AvgIpc) is 2.28. The van der Waals surface area contributed by atoms with Crippen molar-refractivity contribution in [2.75, 3.05) is 32.8 Å². The maximum Gasteiger partial charge on any atom is 0.279 e. The SMILES string of the molecule is CC(C)(C#N)CNS(=O)(=O)N1CCOCC1. The topological polar surface area (TPSA) is 82.4 Å². The number of hydrogen-bond acceptors (Lipinski definition) is 4. The summed E-state index contributed by atoms with van der Waals surface area (Å²) in [4.78, 5) is 0. The van der Waals surface area contributed by atoms with Gasteiger partial charge in [0, 0.05) is 19.6 Å². The van der Waals surface area contributed by atoms with Crippen molar-refractivity contribution in [3.8, 4) is 6.07 Å². The molecule has 1 aliphatic rings. The van der Waals surface area contributed by atoms with Gasteiger partial charge in [0.1, 0.15) is 0 Å². The van der Waals surface area contributed by atoms with Gasteiger partial charge in [0.25, 0.3) is 10.2 Å². The lowest BCUT2D eigenvalue weighted by Gasteiger charge is -2.27. The molecule has 0 aromatic rings. The van der Waals surface area contributed by atoms with E-state index in [1.165, 1.54) is 4.31 Å². The Morgan fingerprint density at radius 2 is 2.00 bits per heavy atom. The molecule has 0 saturated carbocycles. The van der Waals surface area contributed by atoms with E-state index in [4.69, 9.17) is 10.00 Å². The number of rotatable bonds is 4. The molecule has 0 spiro atoms. The number of hydrogen-bond donors (Lipinski definition) is 1. The first-order chi connectivity index (χ1) is 7.37. The first kappa shape index (κ1) is 13.4. The second-order valence-electron chi connectivity index (χ2n) is 4.33. The fourth-order valence-corrected chi connectivity index (χ4v) is 2.55. The van der Waals surface area contributed by atoms with Crippen LogP contribution >= 0.6 is 0 Å². The predicted molar refractivity (Wildman–Crippen MR) is 58.7 cm³/mol. The molecule has 0 bridgehead atoms. The Kier molecular flexibility index (Phi) is 4.27. The van der Waals surface area contributed by atoms with Gasteiger partial charge >= 0.3 is 0 Å². The van der Waals surface area contributed by atoms with E-state index in [1.807, 2.05) is 6.07 Å². The summed E-state index contributed by atoms with van der Waals surface area (Å²) in [5.74, 6) is 0. The number of nitrogens with one attached hydrogen (secondary N) is 1. The van der Waals surface area contributed by atoms with Crippen molar-refractivity contribution in [2.45, 2.75) is 13.8 Å². The molecule has 0 aliphatic carbocycles. The minimum absolute atomic E-state index is 0.114. The van der Waals surface area contributed by atoms with Gasteiger partial charge < -0.3 is 4.74 Å². The molecule has 1 rings (SSSR count). The Morgan fingerprint density at radius 1 is 1.44 bits per heavy atom. The molecule has 1 N–H and O–H groups in total. The Bertz CT molecular complexity index is 366. The fraction of sp³-hybridized carbons (Fsp3) is 0.889. The average molecular weight is 247 g/mol. The van der Waals surface area contributed by atoms with Crippen molar-refractivity contribution in [3.63, 3.8) is 0 Å². The van der Waals surface area contributed by atoms with Crippen LogP contribution in [-0.2, 0) is 14.9 Å². The maximum atomic E-state index is 11.8. The highest BCUT2D eigenvalue weighted by Gasteiger charge is 2.26. The fourth-order valence-electron chi connectivity index (χ4n) is 1.19. The van der Waals surface area contributed by atoms with Crippen molar-refractivity contribution >= 4 is 10.2 Å². The molecule has 1 saturated heterocycles. The van der Waals surface area contributed by atoms with E-state index in [1.54, 1.807) is 13.8 Å². The lowest BCUT2D eigenvalue weighted by molar-refractivity contribution is 0.0724. The van der Waals surface area contributed by atoms with Crippen molar-refractivity contribution in [3.05, 3.63) is 0 Å². The molecule has 0 amide bonds. The van der Waals surface area contributed by atoms with Crippen LogP contribution in [0.3, 0.4) is 0 Å². The minimum Gasteiger partial charge on any atom is -0.379 e. The van der Waals surface area contributed by atoms with E-state index in [2.05, 4.69) is 4.72 Å². The molecule has 92 valence electrons. The lowest BCUT2D eigenvalue weighted by atomic mass is 9.97. The van der Waals surface area contributed by atoms with Crippen LogP contribution in [-0.4, -0.2) is 45.6 Å². The van der Waals surface area contributed by atoms with Crippen LogP contribution < -0.4 is 4.72 Å². The van der Waals surface area contributed by atoms with Crippen LogP contribution in [0.5, 0.6) is 0 Å². The van der Waals surface area contributed by atoms with Crippen LogP contribution in [0, 0.1) is 16.7 Å². The van der Waals surface area contributed by atoms with Crippen molar-refractivity contribution in [2.24, 2.45) is 5.41 Å². The summed E-state index contributed by atoms with van der Waals surface area (Å²) in [6.45, 7) is 5.06. The van der Waals surface area contributed by atoms with Crippen LogP contribution in [0.4, 0.5) is 0 Å². The van der Waals surface area contributed by atoms with Gasteiger partial charge in [0.15, 0.2) is 0 Å². The third-order valence-corrected chi connectivity index (χ3v) is 3.86. The van der Waals surface area contributed by atoms with E-state index >= 15 is 0 Å². The van der Waals surface area contributed by atoms with Gasteiger partial charge in [0.2, 0.25) is 0 Å². The molecule has 0 radical (unpaired) electrons. The molecule has 0 aromatic heterocycles. The minimum atomic E-state index is -3.47. The zero-order valence-corrected chi connectivity index (χ0v) is 10.4. The Hall–Kier alpha value is -0.680. The summed E-state index contributed by atoms with van der Waals surface area (Å²) in [6, 6.07) is 2.05. The maximum absolute atomic E-state index is 11.8. The van der Waals surface area contributed by atoms with Gasteiger partial charge in [0.05, 0.1) is 24.7 Å². The summed E-state index contributed by atoms with van der Waals surface area (Å²) in [5, 5.41) is 8.78. The zero-order valence-electron chi connectivity index (χ0n) is 9.56. The number of ether oxygens (including phenoxy) is 1. The summed E-state index contributed by atoms with van der Waals surface area (Å²) in [6.07, 6.45) is 0. The second kappa shape index (κ2) is 5.10.